The molecule has 1 atom stereocenters. The number of rotatable bonds is 6. The van der Waals surface area contributed by atoms with Crippen LogP contribution in [0, 0.1) is 5.92 Å². The van der Waals surface area contributed by atoms with Gasteiger partial charge in [-0.2, -0.15) is 0 Å². The molecule has 0 saturated heterocycles. The molecular weight excluding hydrogens is 801 g/mol. The quantitative estimate of drug-likeness (QED) is 0.164. The summed E-state index contributed by atoms with van der Waals surface area (Å²) < 4.78 is 5.13. The minimum absolute atomic E-state index is 0.357. The summed E-state index contributed by atoms with van der Waals surface area (Å²) in [5, 5.41) is 5.37. The van der Waals surface area contributed by atoms with Crippen LogP contribution < -0.4 is 0 Å². The van der Waals surface area contributed by atoms with E-state index >= 15 is 0 Å². The Hall–Kier alpha value is -7.82. The number of benzene rings is 7. The van der Waals surface area contributed by atoms with E-state index in [0.29, 0.717) is 5.92 Å². The van der Waals surface area contributed by atoms with Gasteiger partial charge in [0.15, 0.2) is 0 Å². The van der Waals surface area contributed by atoms with Crippen LogP contribution in [0.1, 0.15) is 47.1 Å². The highest BCUT2D eigenvalue weighted by Crippen LogP contribution is 2.51. The van der Waals surface area contributed by atoms with E-state index in [-0.39, 0.29) is 0 Å². The lowest BCUT2D eigenvalue weighted by Crippen LogP contribution is -2.16. The summed E-state index contributed by atoms with van der Waals surface area (Å²) in [6, 6.07) is 56.5. The van der Waals surface area contributed by atoms with Crippen molar-refractivity contribution in [3.63, 3.8) is 0 Å². The first kappa shape index (κ1) is 37.5. The number of allylic oxidation sites excluding steroid dienone is 5. The van der Waals surface area contributed by atoms with Crippen LogP contribution in [0.4, 0.5) is 0 Å². The van der Waals surface area contributed by atoms with E-state index in [4.69, 9.17) is 4.99 Å². The first-order valence-corrected chi connectivity index (χ1v) is 23.7. The van der Waals surface area contributed by atoms with Crippen LogP contribution in [0.5, 0.6) is 0 Å². The molecule has 4 heterocycles. The Morgan fingerprint density at radius 1 is 0.485 bits per heavy atom. The molecule has 1 unspecified atom stereocenters. The van der Waals surface area contributed by atoms with E-state index in [1.807, 2.05) is 18.3 Å². The Labute approximate surface area is 384 Å². The Kier molecular flexibility index (Phi) is 8.46. The van der Waals surface area contributed by atoms with E-state index in [0.717, 1.165) is 56.2 Å². The van der Waals surface area contributed by atoms with Gasteiger partial charge < -0.3 is 9.13 Å². The lowest BCUT2D eigenvalue weighted by Gasteiger charge is -2.31. The zero-order valence-corrected chi connectivity index (χ0v) is 36.7. The molecule has 14 rings (SSSR count). The molecule has 0 bridgehead atoms. The van der Waals surface area contributed by atoms with E-state index in [9.17, 15) is 0 Å². The summed E-state index contributed by atoms with van der Waals surface area (Å²) in [6.07, 6.45) is 20.5. The molecule has 0 amide bonds. The molecule has 4 heteroatoms. The van der Waals surface area contributed by atoms with Crippen LogP contribution in [0.25, 0.3) is 94.1 Å². The summed E-state index contributed by atoms with van der Waals surface area (Å²) in [4.78, 5) is 9.33. The maximum absolute atomic E-state index is 4.74. The van der Waals surface area contributed by atoms with Crippen LogP contribution in [0.2, 0.25) is 0 Å². The van der Waals surface area contributed by atoms with E-state index in [1.165, 1.54) is 116 Å². The van der Waals surface area contributed by atoms with Gasteiger partial charge in [0.25, 0.3) is 0 Å². The normalized spacial score (nSPS) is 16.3. The molecule has 0 radical (unpaired) electrons. The van der Waals surface area contributed by atoms with Crippen LogP contribution >= 0.6 is 0 Å². The van der Waals surface area contributed by atoms with E-state index < -0.39 is 0 Å². The molecule has 0 saturated carbocycles. The summed E-state index contributed by atoms with van der Waals surface area (Å²) in [5.41, 5.74) is 24.9. The zero-order chi connectivity index (χ0) is 43.3. The largest absolute Gasteiger partial charge is 0.309 e. The zero-order valence-electron chi connectivity index (χ0n) is 36.7. The molecule has 0 N–H and O–H groups in total. The highest BCUT2D eigenvalue weighted by molar-refractivity contribution is 6.17. The molecule has 314 valence electrons. The fraction of sp³-hybridized carbons (Fsp3) is 0.129. The summed E-state index contributed by atoms with van der Waals surface area (Å²) in [7, 11) is 0. The average molecular weight is 847 g/mol. The Balaban J connectivity index is 0.956. The second-order valence-corrected chi connectivity index (χ2v) is 18.5. The molecule has 66 heavy (non-hydrogen) atoms. The molecule has 10 aromatic rings. The number of para-hydroxylation sites is 2. The maximum atomic E-state index is 4.74. The predicted octanol–water partition coefficient (Wildman–Crippen LogP) is 15.2. The third-order valence-corrected chi connectivity index (χ3v) is 14.9. The van der Waals surface area contributed by atoms with Crippen molar-refractivity contribution in [2.75, 3.05) is 0 Å². The molecule has 4 aliphatic rings. The second kappa shape index (κ2) is 14.9. The van der Waals surface area contributed by atoms with Crippen molar-refractivity contribution in [2.45, 2.75) is 44.9 Å². The first-order chi connectivity index (χ1) is 32.7. The third-order valence-electron chi connectivity index (χ3n) is 14.9. The third kappa shape index (κ3) is 5.77. The van der Waals surface area contributed by atoms with Gasteiger partial charge in [-0.1, -0.05) is 103 Å². The monoisotopic (exact) mass is 846 g/mol. The summed E-state index contributed by atoms with van der Waals surface area (Å²) >= 11 is 0. The molecule has 0 fully saturated rings. The predicted molar refractivity (Wildman–Crippen MR) is 275 cm³/mol. The number of aliphatic imine (C=N–C) groups is 1. The molecule has 4 nitrogen and oxygen atoms in total. The Bertz CT molecular complexity index is 3750. The van der Waals surface area contributed by atoms with Crippen LogP contribution in [0.15, 0.2) is 193 Å². The van der Waals surface area contributed by atoms with Gasteiger partial charge in [0.2, 0.25) is 0 Å². The van der Waals surface area contributed by atoms with E-state index in [1.54, 1.807) is 0 Å². The Morgan fingerprint density at radius 3 is 1.65 bits per heavy atom. The lowest BCUT2D eigenvalue weighted by atomic mass is 9.74. The topological polar surface area (TPSA) is 35.1 Å². The van der Waals surface area contributed by atoms with Crippen molar-refractivity contribution in [3.05, 3.63) is 216 Å². The minimum atomic E-state index is 0.357. The van der Waals surface area contributed by atoms with Crippen molar-refractivity contribution >= 4 is 55.4 Å². The average Bonchev–Trinajstić information content (AvgIpc) is 3.91. The highest BCUT2D eigenvalue weighted by Gasteiger charge is 2.33. The van der Waals surface area contributed by atoms with Gasteiger partial charge in [-0.3, -0.25) is 9.98 Å². The molecule has 0 spiro atoms. The van der Waals surface area contributed by atoms with Gasteiger partial charge in [0, 0.05) is 62.5 Å². The smallest absolute Gasteiger partial charge is 0.0701 e. The number of hydrogen-bond acceptors (Lipinski definition) is 2. The van der Waals surface area contributed by atoms with Crippen LogP contribution in [-0.4, -0.2) is 20.3 Å². The number of aromatic nitrogens is 3. The number of hydrogen-bond donors (Lipinski definition) is 0. The SMILES string of the molecule is C1=CC(C2=CCCC=N2)CC=C1c1ccc2c(c1)c1cc3c4c(c1n2-c1ccccc1)CCc1cc2c5cc(-c6ccc(-c7ccccn7)cc6)ccc5n(-c5ccccc5)c2c(c1-4)CC3. The standard InChI is InChI=1S/C62H46N4/c1-3-11-47(12-4-1)65-57-31-27-43(39-17-21-41(22-18-39)55-15-7-9-33-63-55)35-51(57)53-37-45-26-30-50-60-46(25-29-49(59(45)60)61(53)65)38-54-52-36-44(40-19-23-42(24-20-40)56-16-8-10-34-64-56)28-32-58(52)66(62(50)54)48-13-5-2-6-14-48/h1-7,9,11-23,27-28,31-38,42H,8,10,24-26,29-30H2. The fourth-order valence-corrected chi connectivity index (χ4v) is 11.9. The van der Waals surface area contributed by atoms with Crippen molar-refractivity contribution < 1.29 is 0 Å². The Morgan fingerprint density at radius 2 is 1.08 bits per heavy atom. The minimum Gasteiger partial charge on any atom is -0.309 e. The van der Waals surface area contributed by atoms with Crippen molar-refractivity contribution in [1.82, 2.24) is 14.1 Å². The van der Waals surface area contributed by atoms with Gasteiger partial charge in [-0.15, -0.1) is 0 Å². The number of pyridine rings is 1. The van der Waals surface area contributed by atoms with Crippen LogP contribution in [-0.2, 0) is 25.7 Å². The van der Waals surface area contributed by atoms with Crippen molar-refractivity contribution in [1.29, 1.82) is 0 Å². The number of aryl methyl sites for hydroxylation is 4. The highest BCUT2D eigenvalue weighted by atomic mass is 15.0. The number of nitrogens with zero attached hydrogens (tertiary/aromatic N) is 4. The van der Waals surface area contributed by atoms with Crippen molar-refractivity contribution in [3.8, 4) is 44.9 Å². The van der Waals surface area contributed by atoms with Crippen LogP contribution in [0.3, 0.4) is 0 Å². The second-order valence-electron chi connectivity index (χ2n) is 18.5. The van der Waals surface area contributed by atoms with Gasteiger partial charge in [-0.25, -0.2) is 0 Å². The van der Waals surface area contributed by atoms with E-state index in [2.05, 4.69) is 184 Å². The summed E-state index contributed by atoms with van der Waals surface area (Å²) in [6.45, 7) is 0. The van der Waals surface area contributed by atoms with Gasteiger partial charge in [0.05, 0.1) is 27.8 Å². The van der Waals surface area contributed by atoms with Gasteiger partial charge in [-0.05, 0) is 173 Å². The molecule has 3 aliphatic carbocycles. The maximum Gasteiger partial charge on any atom is 0.0701 e. The summed E-state index contributed by atoms with van der Waals surface area (Å²) in [5.74, 6) is 0.357. The molecular formula is C62H46N4. The molecule has 7 aromatic carbocycles. The van der Waals surface area contributed by atoms with Crippen molar-refractivity contribution in [2.24, 2.45) is 10.9 Å². The molecule has 1 aliphatic heterocycles. The molecule has 3 aromatic heterocycles. The van der Waals surface area contributed by atoms with Gasteiger partial charge >= 0.3 is 0 Å². The number of fused-ring (bicyclic) bond motifs is 8. The van der Waals surface area contributed by atoms with Gasteiger partial charge in [0.1, 0.15) is 0 Å². The fourth-order valence-electron chi connectivity index (χ4n) is 11.9. The first-order valence-electron chi connectivity index (χ1n) is 23.7. The lowest BCUT2D eigenvalue weighted by molar-refractivity contribution is 0.745.